The van der Waals surface area contributed by atoms with Gasteiger partial charge in [0.2, 0.25) is 0 Å². The van der Waals surface area contributed by atoms with E-state index in [1.807, 2.05) is 31.2 Å². The Labute approximate surface area is 85.5 Å². The van der Waals surface area contributed by atoms with Gasteiger partial charge in [-0.1, -0.05) is 5.16 Å². The van der Waals surface area contributed by atoms with Crippen LogP contribution >= 0.6 is 0 Å². The van der Waals surface area contributed by atoms with E-state index in [1.165, 1.54) is 0 Å². The van der Waals surface area contributed by atoms with Crippen LogP contribution in [0.15, 0.2) is 39.4 Å². The molecule has 0 aliphatic heterocycles. The second-order valence-corrected chi connectivity index (χ2v) is 3.29. The number of oxazole rings is 1. The van der Waals surface area contributed by atoms with Crippen LogP contribution in [-0.2, 0) is 0 Å². The van der Waals surface area contributed by atoms with Crippen LogP contribution in [-0.4, -0.2) is 10.1 Å². The van der Waals surface area contributed by atoms with Crippen LogP contribution in [0.3, 0.4) is 0 Å². The number of hydrogen-bond acceptors (Lipinski definition) is 4. The van der Waals surface area contributed by atoms with Crippen molar-refractivity contribution in [1.29, 1.82) is 0 Å². The van der Waals surface area contributed by atoms with Crippen molar-refractivity contribution < 1.29 is 8.94 Å². The maximum atomic E-state index is 5.43. The van der Waals surface area contributed by atoms with Crippen molar-refractivity contribution in [2.45, 2.75) is 6.92 Å². The minimum atomic E-state index is 0.666. The molecule has 0 saturated carbocycles. The minimum absolute atomic E-state index is 0.666. The Morgan fingerprint density at radius 3 is 2.93 bits per heavy atom. The van der Waals surface area contributed by atoms with Gasteiger partial charge in [-0.15, -0.1) is 0 Å². The normalized spacial score (nSPS) is 11.0. The van der Waals surface area contributed by atoms with Gasteiger partial charge in [-0.2, -0.15) is 0 Å². The fraction of sp³-hybridized carbons (Fsp3) is 0.0909. The summed E-state index contributed by atoms with van der Waals surface area (Å²) in [6, 6.07) is 7.55. The van der Waals surface area contributed by atoms with Gasteiger partial charge in [0.05, 0.1) is 6.20 Å². The second-order valence-electron chi connectivity index (χ2n) is 3.29. The summed E-state index contributed by atoms with van der Waals surface area (Å²) in [5.74, 6) is 1.39. The molecule has 0 aliphatic carbocycles. The van der Waals surface area contributed by atoms with Crippen molar-refractivity contribution in [2.75, 3.05) is 0 Å². The Morgan fingerprint density at radius 2 is 2.13 bits per heavy atom. The third kappa shape index (κ3) is 1.30. The summed E-state index contributed by atoms with van der Waals surface area (Å²) in [5.41, 5.74) is 2.56. The largest absolute Gasteiger partial charge is 0.441 e. The molecule has 0 saturated heterocycles. The molecule has 3 rings (SSSR count). The van der Waals surface area contributed by atoms with E-state index in [0.717, 1.165) is 22.4 Å². The Morgan fingerprint density at radius 1 is 1.20 bits per heavy atom. The quantitative estimate of drug-likeness (QED) is 0.606. The molecule has 0 fully saturated rings. The topological polar surface area (TPSA) is 52.1 Å². The zero-order chi connectivity index (χ0) is 10.3. The first-order chi connectivity index (χ1) is 7.33. The van der Waals surface area contributed by atoms with Crippen LogP contribution in [0.5, 0.6) is 0 Å². The number of benzene rings is 1. The predicted octanol–water partition coefficient (Wildman–Crippen LogP) is 2.79. The van der Waals surface area contributed by atoms with Crippen molar-refractivity contribution >= 4 is 11.1 Å². The molecule has 4 heteroatoms. The van der Waals surface area contributed by atoms with Gasteiger partial charge in [0.25, 0.3) is 0 Å². The van der Waals surface area contributed by atoms with Gasteiger partial charge in [-0.25, -0.2) is 4.98 Å². The third-order valence-electron chi connectivity index (χ3n) is 2.22. The maximum absolute atomic E-state index is 5.43. The lowest BCUT2D eigenvalue weighted by Gasteiger charge is -1.93. The molecule has 0 amide bonds. The molecule has 0 atom stereocenters. The molecule has 4 nitrogen and oxygen atoms in total. The Hall–Kier alpha value is -2.10. The second kappa shape index (κ2) is 2.95. The zero-order valence-corrected chi connectivity index (χ0v) is 8.10. The predicted molar refractivity (Wildman–Crippen MR) is 54.2 cm³/mol. The van der Waals surface area contributed by atoms with E-state index in [4.69, 9.17) is 8.94 Å². The van der Waals surface area contributed by atoms with E-state index in [9.17, 15) is 0 Å². The number of nitrogens with zero attached hydrogens (tertiary/aromatic N) is 2. The van der Waals surface area contributed by atoms with Crippen molar-refractivity contribution in [3.8, 4) is 11.3 Å². The van der Waals surface area contributed by atoms with Gasteiger partial charge < -0.3 is 8.94 Å². The van der Waals surface area contributed by atoms with E-state index in [1.54, 1.807) is 6.20 Å². The van der Waals surface area contributed by atoms with E-state index < -0.39 is 0 Å². The van der Waals surface area contributed by atoms with Crippen molar-refractivity contribution in [2.24, 2.45) is 0 Å². The minimum Gasteiger partial charge on any atom is -0.441 e. The van der Waals surface area contributed by atoms with E-state index >= 15 is 0 Å². The smallest absolute Gasteiger partial charge is 0.192 e. The number of fused-ring (bicyclic) bond motifs is 1. The molecule has 1 aromatic carbocycles. The van der Waals surface area contributed by atoms with Gasteiger partial charge in [-0.3, -0.25) is 0 Å². The SMILES string of the molecule is Cc1nc2ccc(-c3ccno3)cc2o1. The summed E-state index contributed by atoms with van der Waals surface area (Å²) in [7, 11) is 0. The first-order valence-electron chi connectivity index (χ1n) is 4.61. The fourth-order valence-electron chi connectivity index (χ4n) is 1.56. The highest BCUT2D eigenvalue weighted by Crippen LogP contribution is 2.24. The highest BCUT2D eigenvalue weighted by atomic mass is 16.5. The number of aryl methyl sites for hydroxylation is 1. The number of aromatic nitrogens is 2. The van der Waals surface area contributed by atoms with Gasteiger partial charge in [0.15, 0.2) is 17.2 Å². The highest BCUT2D eigenvalue weighted by Gasteiger charge is 2.06. The molecule has 74 valence electrons. The summed E-state index contributed by atoms with van der Waals surface area (Å²) < 4.78 is 10.5. The van der Waals surface area contributed by atoms with Crippen LogP contribution in [0.2, 0.25) is 0 Å². The van der Waals surface area contributed by atoms with Gasteiger partial charge in [0.1, 0.15) is 5.52 Å². The Kier molecular flexibility index (Phi) is 1.62. The van der Waals surface area contributed by atoms with Crippen LogP contribution in [0, 0.1) is 6.92 Å². The number of rotatable bonds is 1. The average molecular weight is 200 g/mol. The van der Waals surface area contributed by atoms with Crippen molar-refractivity contribution in [3.05, 3.63) is 36.4 Å². The molecule has 2 aromatic heterocycles. The van der Waals surface area contributed by atoms with Crippen LogP contribution in [0.25, 0.3) is 22.4 Å². The molecular formula is C11H8N2O2. The molecule has 15 heavy (non-hydrogen) atoms. The lowest BCUT2D eigenvalue weighted by Crippen LogP contribution is -1.73. The molecule has 0 spiro atoms. The van der Waals surface area contributed by atoms with Gasteiger partial charge in [-0.05, 0) is 18.2 Å². The summed E-state index contributed by atoms with van der Waals surface area (Å²) in [6.45, 7) is 1.83. The lowest BCUT2D eigenvalue weighted by molar-refractivity contribution is 0.432. The Bertz CT molecular complexity index is 596. The van der Waals surface area contributed by atoms with Gasteiger partial charge in [0, 0.05) is 18.6 Å². The van der Waals surface area contributed by atoms with Crippen LogP contribution in [0.4, 0.5) is 0 Å². The van der Waals surface area contributed by atoms with Crippen molar-refractivity contribution in [1.82, 2.24) is 10.1 Å². The zero-order valence-electron chi connectivity index (χ0n) is 8.10. The van der Waals surface area contributed by atoms with E-state index in [-0.39, 0.29) is 0 Å². The molecule has 0 unspecified atom stereocenters. The molecule has 2 heterocycles. The molecule has 0 N–H and O–H groups in total. The molecule has 0 aliphatic rings. The van der Waals surface area contributed by atoms with E-state index in [2.05, 4.69) is 10.1 Å². The summed E-state index contributed by atoms with van der Waals surface area (Å²) in [6.07, 6.45) is 1.62. The standard InChI is InChI=1S/C11H8N2O2/c1-7-13-9-3-2-8(6-11(9)14-7)10-4-5-12-15-10/h2-6H,1H3. The maximum Gasteiger partial charge on any atom is 0.192 e. The highest BCUT2D eigenvalue weighted by molar-refractivity contribution is 5.78. The summed E-state index contributed by atoms with van der Waals surface area (Å²) >= 11 is 0. The van der Waals surface area contributed by atoms with Gasteiger partial charge >= 0.3 is 0 Å². The fourth-order valence-corrected chi connectivity index (χ4v) is 1.56. The molecule has 0 bridgehead atoms. The Balaban J connectivity index is 2.21. The molecule has 3 aromatic rings. The average Bonchev–Trinajstić information content (AvgIpc) is 2.82. The monoisotopic (exact) mass is 200 g/mol. The van der Waals surface area contributed by atoms with Crippen LogP contribution < -0.4 is 0 Å². The summed E-state index contributed by atoms with van der Waals surface area (Å²) in [5, 5.41) is 3.66. The first kappa shape index (κ1) is 8.23. The summed E-state index contributed by atoms with van der Waals surface area (Å²) in [4.78, 5) is 4.22. The molecule has 0 radical (unpaired) electrons. The lowest BCUT2D eigenvalue weighted by atomic mass is 10.1. The molecular weight excluding hydrogens is 192 g/mol. The third-order valence-corrected chi connectivity index (χ3v) is 2.22. The van der Waals surface area contributed by atoms with E-state index in [0.29, 0.717) is 5.89 Å². The first-order valence-corrected chi connectivity index (χ1v) is 4.61. The number of hydrogen-bond donors (Lipinski definition) is 0. The van der Waals surface area contributed by atoms with Crippen LogP contribution in [0.1, 0.15) is 5.89 Å². The van der Waals surface area contributed by atoms with Crippen molar-refractivity contribution in [3.63, 3.8) is 0 Å².